The molecule has 0 amide bonds. The van der Waals surface area contributed by atoms with Crippen LogP contribution >= 0.6 is 0 Å². The number of hydrogen-bond donors (Lipinski definition) is 1. The summed E-state index contributed by atoms with van der Waals surface area (Å²) in [6.07, 6.45) is 1.09. The van der Waals surface area contributed by atoms with Crippen molar-refractivity contribution in [3.63, 3.8) is 0 Å². The molecule has 0 bridgehead atoms. The van der Waals surface area contributed by atoms with Gasteiger partial charge < -0.3 is 5.73 Å². The third kappa shape index (κ3) is 1.66. The van der Waals surface area contributed by atoms with Crippen molar-refractivity contribution in [1.82, 2.24) is 14.7 Å². The number of likely N-dealkylation sites (tertiary alicyclic amines) is 1. The van der Waals surface area contributed by atoms with Crippen molar-refractivity contribution in [2.75, 3.05) is 13.1 Å². The number of nitrogens with zero attached hydrogens (tertiary/aromatic N) is 3. The van der Waals surface area contributed by atoms with Crippen LogP contribution in [0, 0.1) is 13.8 Å². The third-order valence-electron chi connectivity index (χ3n) is 3.82. The van der Waals surface area contributed by atoms with Crippen LogP contribution in [0.3, 0.4) is 0 Å². The largest absolute Gasteiger partial charge is 0.326 e. The lowest BCUT2D eigenvalue weighted by Crippen LogP contribution is -2.32. The van der Waals surface area contributed by atoms with Gasteiger partial charge in [0.25, 0.3) is 0 Å². The van der Waals surface area contributed by atoms with Crippen LogP contribution in [-0.2, 0) is 7.05 Å². The Morgan fingerprint density at radius 3 is 2.62 bits per heavy atom. The molecule has 0 radical (unpaired) electrons. The van der Waals surface area contributed by atoms with Gasteiger partial charge in [0.2, 0.25) is 0 Å². The van der Waals surface area contributed by atoms with Crippen LogP contribution in [-0.4, -0.2) is 33.8 Å². The minimum atomic E-state index is 0.251. The predicted molar refractivity (Wildman–Crippen MR) is 65.3 cm³/mol. The molecule has 1 fully saturated rings. The van der Waals surface area contributed by atoms with Crippen molar-refractivity contribution in [3.8, 4) is 0 Å². The van der Waals surface area contributed by atoms with Gasteiger partial charge in [0.05, 0.1) is 11.7 Å². The third-order valence-corrected chi connectivity index (χ3v) is 3.82. The maximum Gasteiger partial charge on any atom is 0.0644 e. The van der Waals surface area contributed by atoms with Crippen LogP contribution in [0.5, 0.6) is 0 Å². The van der Waals surface area contributed by atoms with E-state index >= 15 is 0 Å². The van der Waals surface area contributed by atoms with Gasteiger partial charge in [-0.3, -0.25) is 9.58 Å². The van der Waals surface area contributed by atoms with E-state index in [9.17, 15) is 0 Å². The summed E-state index contributed by atoms with van der Waals surface area (Å²) in [5.41, 5.74) is 9.96. The summed E-state index contributed by atoms with van der Waals surface area (Å²) in [5.74, 6) is 0. The molecule has 4 heteroatoms. The summed E-state index contributed by atoms with van der Waals surface area (Å²) in [5, 5.41) is 4.49. The van der Waals surface area contributed by atoms with E-state index in [-0.39, 0.29) is 6.04 Å². The van der Waals surface area contributed by atoms with Gasteiger partial charge in [-0.2, -0.15) is 5.10 Å². The van der Waals surface area contributed by atoms with Crippen molar-refractivity contribution in [1.29, 1.82) is 0 Å². The first-order valence-corrected chi connectivity index (χ1v) is 6.06. The van der Waals surface area contributed by atoms with Crippen LogP contribution in [0.15, 0.2) is 0 Å². The summed E-state index contributed by atoms with van der Waals surface area (Å²) in [6, 6.07) is 0.611. The highest BCUT2D eigenvalue weighted by Gasteiger charge is 2.35. The van der Waals surface area contributed by atoms with Crippen molar-refractivity contribution in [2.45, 2.75) is 39.3 Å². The highest BCUT2D eigenvalue weighted by Crippen LogP contribution is 2.34. The van der Waals surface area contributed by atoms with E-state index in [0.29, 0.717) is 6.04 Å². The Morgan fingerprint density at radius 2 is 2.12 bits per heavy atom. The van der Waals surface area contributed by atoms with E-state index in [1.54, 1.807) is 0 Å². The van der Waals surface area contributed by atoms with Crippen LogP contribution < -0.4 is 5.73 Å². The highest BCUT2D eigenvalue weighted by molar-refractivity contribution is 5.30. The molecule has 1 saturated heterocycles. The molecule has 0 aromatic carbocycles. The Labute approximate surface area is 97.4 Å². The molecule has 16 heavy (non-hydrogen) atoms. The second-order valence-corrected chi connectivity index (χ2v) is 4.73. The maximum atomic E-state index is 6.25. The molecule has 1 aliphatic heterocycles. The Kier molecular flexibility index (Phi) is 3.04. The van der Waals surface area contributed by atoms with Gasteiger partial charge in [-0.1, -0.05) is 6.92 Å². The summed E-state index contributed by atoms with van der Waals surface area (Å²) in [4.78, 5) is 2.46. The standard InChI is InChI=1S/C12H22N4/c1-5-16-7-6-10(13)12(16)11-8(2)14-15(4)9(11)3/h10,12H,5-7,13H2,1-4H3. The summed E-state index contributed by atoms with van der Waals surface area (Å²) in [6.45, 7) is 8.59. The van der Waals surface area contributed by atoms with E-state index in [4.69, 9.17) is 5.73 Å². The van der Waals surface area contributed by atoms with Gasteiger partial charge >= 0.3 is 0 Å². The monoisotopic (exact) mass is 222 g/mol. The van der Waals surface area contributed by atoms with Crippen molar-refractivity contribution >= 4 is 0 Å². The average molecular weight is 222 g/mol. The Balaban J connectivity index is 2.42. The van der Waals surface area contributed by atoms with Crippen LogP contribution in [0.4, 0.5) is 0 Å². The molecule has 1 aromatic heterocycles. The minimum Gasteiger partial charge on any atom is -0.326 e. The van der Waals surface area contributed by atoms with Gasteiger partial charge in [-0.15, -0.1) is 0 Å². The second kappa shape index (κ2) is 4.18. The maximum absolute atomic E-state index is 6.25. The van der Waals surface area contributed by atoms with Crippen molar-refractivity contribution < 1.29 is 0 Å². The van der Waals surface area contributed by atoms with Gasteiger partial charge in [0, 0.05) is 30.9 Å². The van der Waals surface area contributed by atoms with E-state index in [1.165, 1.54) is 11.3 Å². The highest BCUT2D eigenvalue weighted by atomic mass is 15.3. The average Bonchev–Trinajstić information content (AvgIpc) is 2.70. The summed E-state index contributed by atoms with van der Waals surface area (Å²) < 4.78 is 1.96. The fourth-order valence-corrected chi connectivity index (χ4v) is 2.85. The van der Waals surface area contributed by atoms with E-state index in [1.807, 2.05) is 11.7 Å². The first-order valence-electron chi connectivity index (χ1n) is 6.06. The lowest BCUT2D eigenvalue weighted by molar-refractivity contribution is 0.259. The Bertz CT molecular complexity index is 383. The topological polar surface area (TPSA) is 47.1 Å². The first-order chi connectivity index (χ1) is 7.56. The molecule has 4 nitrogen and oxygen atoms in total. The van der Waals surface area contributed by atoms with E-state index in [0.717, 1.165) is 25.2 Å². The minimum absolute atomic E-state index is 0.251. The van der Waals surface area contributed by atoms with Crippen LogP contribution in [0.25, 0.3) is 0 Å². The molecular formula is C12H22N4. The van der Waals surface area contributed by atoms with Gasteiger partial charge in [-0.25, -0.2) is 0 Å². The molecule has 0 spiro atoms. The molecule has 2 rings (SSSR count). The quantitative estimate of drug-likeness (QED) is 0.816. The number of aryl methyl sites for hydroxylation is 2. The second-order valence-electron chi connectivity index (χ2n) is 4.73. The Hall–Kier alpha value is -0.870. The van der Waals surface area contributed by atoms with Crippen LogP contribution in [0.2, 0.25) is 0 Å². The zero-order valence-corrected chi connectivity index (χ0v) is 10.7. The molecular weight excluding hydrogens is 200 g/mol. The van der Waals surface area contributed by atoms with Gasteiger partial charge in [0.1, 0.15) is 0 Å². The van der Waals surface area contributed by atoms with Crippen molar-refractivity contribution in [2.24, 2.45) is 12.8 Å². The smallest absolute Gasteiger partial charge is 0.0644 e. The summed E-state index contributed by atoms with van der Waals surface area (Å²) >= 11 is 0. The van der Waals surface area contributed by atoms with Gasteiger partial charge in [-0.05, 0) is 26.8 Å². The Morgan fingerprint density at radius 1 is 1.44 bits per heavy atom. The molecule has 2 heterocycles. The lowest BCUT2D eigenvalue weighted by Gasteiger charge is -2.26. The SMILES string of the molecule is CCN1CCC(N)C1c1c(C)nn(C)c1C. The number of hydrogen-bond acceptors (Lipinski definition) is 3. The molecule has 0 aliphatic carbocycles. The molecule has 1 aromatic rings. The molecule has 1 aliphatic rings. The molecule has 0 saturated carbocycles. The normalized spacial score (nSPS) is 26.6. The summed E-state index contributed by atoms with van der Waals surface area (Å²) in [7, 11) is 2.00. The number of rotatable bonds is 2. The van der Waals surface area contributed by atoms with E-state index in [2.05, 4.69) is 30.8 Å². The van der Waals surface area contributed by atoms with Crippen LogP contribution in [0.1, 0.15) is 36.3 Å². The van der Waals surface area contributed by atoms with Gasteiger partial charge in [0.15, 0.2) is 0 Å². The predicted octanol–water partition coefficient (Wildman–Crippen LogP) is 1.13. The van der Waals surface area contributed by atoms with Crippen molar-refractivity contribution in [3.05, 3.63) is 17.0 Å². The molecule has 2 atom stereocenters. The number of likely N-dealkylation sites (N-methyl/N-ethyl adjacent to an activating group) is 1. The molecule has 2 unspecified atom stereocenters. The number of aromatic nitrogens is 2. The fraction of sp³-hybridized carbons (Fsp3) is 0.750. The molecule has 2 N–H and O–H groups in total. The number of nitrogens with two attached hydrogens (primary N) is 1. The molecule has 90 valence electrons. The zero-order valence-electron chi connectivity index (χ0n) is 10.7. The lowest BCUT2D eigenvalue weighted by atomic mass is 9.99. The fourth-order valence-electron chi connectivity index (χ4n) is 2.85. The van der Waals surface area contributed by atoms with E-state index < -0.39 is 0 Å². The zero-order chi connectivity index (χ0) is 11.9. The first kappa shape index (κ1) is 11.6.